The maximum atomic E-state index is 12.8. The molecule has 31 heavy (non-hydrogen) atoms. The van der Waals surface area contributed by atoms with E-state index in [0.717, 1.165) is 28.1 Å². The minimum absolute atomic E-state index is 0.0396. The van der Waals surface area contributed by atoms with Crippen LogP contribution >= 0.6 is 0 Å². The second kappa shape index (κ2) is 9.77. The first-order valence-electron chi connectivity index (χ1n) is 10.5. The van der Waals surface area contributed by atoms with Crippen LogP contribution in [0.2, 0.25) is 0 Å². The van der Waals surface area contributed by atoms with Crippen LogP contribution in [-0.4, -0.2) is 5.78 Å². The van der Waals surface area contributed by atoms with E-state index in [1.165, 1.54) is 5.56 Å². The number of anilines is 2. The molecule has 0 amide bonds. The topological polar surface area (TPSA) is 41.1 Å². The summed E-state index contributed by atoms with van der Waals surface area (Å²) < 4.78 is 0. The average Bonchev–Trinajstić information content (AvgIpc) is 2.83. The molecule has 4 rings (SSSR count). The van der Waals surface area contributed by atoms with E-state index in [1.54, 1.807) is 6.92 Å². The molecule has 0 spiro atoms. The standard InChI is InChI=1S/C28H26N2O/c1-21(31)27-25(24-15-9-4-10-16-24)17-18-26(29-19-22-11-5-2-6-12-22)28(27)30-20-23-13-7-3-8-14-23/h2-18,29-30H,19-20H2,1H3. The smallest absolute Gasteiger partial charge is 0.162 e. The van der Waals surface area contributed by atoms with Crippen molar-refractivity contribution in [2.75, 3.05) is 10.6 Å². The maximum Gasteiger partial charge on any atom is 0.162 e. The van der Waals surface area contributed by atoms with Crippen molar-refractivity contribution in [2.45, 2.75) is 20.0 Å². The molecule has 0 unspecified atom stereocenters. The van der Waals surface area contributed by atoms with E-state index in [9.17, 15) is 4.79 Å². The fourth-order valence-electron chi connectivity index (χ4n) is 3.74. The van der Waals surface area contributed by atoms with Crippen LogP contribution in [0.3, 0.4) is 0 Å². The van der Waals surface area contributed by atoms with Crippen molar-refractivity contribution >= 4 is 17.2 Å². The SMILES string of the molecule is CC(=O)c1c(-c2ccccc2)ccc(NCc2ccccc2)c1NCc1ccccc1. The first-order valence-corrected chi connectivity index (χ1v) is 10.5. The third-order valence-corrected chi connectivity index (χ3v) is 5.28. The highest BCUT2D eigenvalue weighted by Gasteiger charge is 2.18. The summed E-state index contributed by atoms with van der Waals surface area (Å²) in [7, 11) is 0. The summed E-state index contributed by atoms with van der Waals surface area (Å²) in [5, 5.41) is 7.07. The third kappa shape index (κ3) is 5.01. The van der Waals surface area contributed by atoms with Gasteiger partial charge in [0.2, 0.25) is 0 Å². The van der Waals surface area contributed by atoms with Crippen LogP contribution in [0.4, 0.5) is 11.4 Å². The molecule has 2 N–H and O–H groups in total. The van der Waals surface area contributed by atoms with Gasteiger partial charge in [0.25, 0.3) is 0 Å². The monoisotopic (exact) mass is 406 g/mol. The summed E-state index contributed by atoms with van der Waals surface area (Å²) in [5.41, 5.74) is 6.79. The molecule has 0 aliphatic rings. The molecule has 0 bridgehead atoms. The minimum atomic E-state index is 0.0396. The molecule has 4 aromatic rings. The predicted molar refractivity (Wildman–Crippen MR) is 129 cm³/mol. The van der Waals surface area contributed by atoms with Crippen molar-refractivity contribution < 1.29 is 4.79 Å². The van der Waals surface area contributed by atoms with Crippen LogP contribution in [0.5, 0.6) is 0 Å². The highest BCUT2D eigenvalue weighted by molar-refractivity contribution is 6.08. The van der Waals surface area contributed by atoms with E-state index in [0.29, 0.717) is 18.7 Å². The van der Waals surface area contributed by atoms with E-state index in [2.05, 4.69) is 41.0 Å². The molecule has 0 aliphatic heterocycles. The zero-order valence-corrected chi connectivity index (χ0v) is 17.6. The van der Waals surface area contributed by atoms with Gasteiger partial charge in [0.15, 0.2) is 5.78 Å². The Bertz CT molecular complexity index is 1140. The van der Waals surface area contributed by atoms with Crippen LogP contribution in [0.1, 0.15) is 28.4 Å². The molecule has 0 aliphatic carbocycles. The molecule has 0 radical (unpaired) electrons. The van der Waals surface area contributed by atoms with Crippen LogP contribution in [0, 0.1) is 0 Å². The maximum absolute atomic E-state index is 12.8. The first kappa shape index (κ1) is 20.4. The summed E-state index contributed by atoms with van der Waals surface area (Å²) in [6.07, 6.45) is 0. The van der Waals surface area contributed by atoms with Crippen LogP contribution < -0.4 is 10.6 Å². The lowest BCUT2D eigenvalue weighted by atomic mass is 9.94. The Morgan fingerprint density at radius 2 is 1.16 bits per heavy atom. The van der Waals surface area contributed by atoms with E-state index in [-0.39, 0.29) is 5.78 Å². The van der Waals surface area contributed by atoms with Gasteiger partial charge in [-0.25, -0.2) is 0 Å². The highest BCUT2D eigenvalue weighted by Crippen LogP contribution is 2.36. The number of benzene rings is 4. The number of nitrogens with one attached hydrogen (secondary N) is 2. The lowest BCUT2D eigenvalue weighted by molar-refractivity contribution is 0.101. The van der Waals surface area contributed by atoms with Crippen LogP contribution in [0.15, 0.2) is 103 Å². The molecular weight excluding hydrogens is 380 g/mol. The zero-order chi connectivity index (χ0) is 21.5. The van der Waals surface area contributed by atoms with Crippen molar-refractivity contribution in [1.29, 1.82) is 0 Å². The Labute approximate surface area is 183 Å². The van der Waals surface area contributed by atoms with Crippen molar-refractivity contribution in [1.82, 2.24) is 0 Å². The van der Waals surface area contributed by atoms with E-state index >= 15 is 0 Å². The van der Waals surface area contributed by atoms with Crippen molar-refractivity contribution in [3.63, 3.8) is 0 Å². The van der Waals surface area contributed by atoms with E-state index in [4.69, 9.17) is 0 Å². The third-order valence-electron chi connectivity index (χ3n) is 5.28. The molecule has 0 heterocycles. The Hall–Kier alpha value is -3.85. The molecule has 0 atom stereocenters. The lowest BCUT2D eigenvalue weighted by Crippen LogP contribution is -2.11. The predicted octanol–water partition coefficient (Wildman–Crippen LogP) is 6.78. The summed E-state index contributed by atoms with van der Waals surface area (Å²) >= 11 is 0. The first-order chi connectivity index (χ1) is 15.2. The van der Waals surface area contributed by atoms with Crippen LogP contribution in [0.25, 0.3) is 11.1 Å². The molecule has 0 fully saturated rings. The average molecular weight is 407 g/mol. The Morgan fingerprint density at radius 3 is 1.71 bits per heavy atom. The van der Waals surface area contributed by atoms with E-state index in [1.807, 2.05) is 72.8 Å². The number of ketones is 1. The second-order valence-corrected chi connectivity index (χ2v) is 7.51. The Morgan fingerprint density at radius 1 is 0.645 bits per heavy atom. The number of hydrogen-bond donors (Lipinski definition) is 2. The summed E-state index contributed by atoms with van der Waals surface area (Å²) in [5.74, 6) is 0.0396. The second-order valence-electron chi connectivity index (χ2n) is 7.51. The highest BCUT2D eigenvalue weighted by atomic mass is 16.1. The van der Waals surface area contributed by atoms with Crippen molar-refractivity contribution in [3.05, 3.63) is 120 Å². The van der Waals surface area contributed by atoms with Gasteiger partial charge in [-0.2, -0.15) is 0 Å². The van der Waals surface area contributed by atoms with Gasteiger partial charge in [0.05, 0.1) is 16.9 Å². The number of carbonyl (C=O) groups excluding carboxylic acids is 1. The minimum Gasteiger partial charge on any atom is -0.379 e. The molecular formula is C28H26N2O. The number of carbonyl (C=O) groups is 1. The largest absolute Gasteiger partial charge is 0.379 e. The quantitative estimate of drug-likeness (QED) is 0.317. The van der Waals surface area contributed by atoms with E-state index < -0.39 is 0 Å². The van der Waals surface area contributed by atoms with Gasteiger partial charge in [0.1, 0.15) is 0 Å². The molecule has 3 heteroatoms. The van der Waals surface area contributed by atoms with Crippen LogP contribution in [-0.2, 0) is 13.1 Å². The molecule has 0 saturated carbocycles. The molecule has 4 aromatic carbocycles. The Balaban J connectivity index is 1.74. The lowest BCUT2D eigenvalue weighted by Gasteiger charge is -2.20. The molecule has 154 valence electrons. The Kier molecular flexibility index (Phi) is 6.44. The summed E-state index contributed by atoms with van der Waals surface area (Å²) in [6.45, 7) is 2.96. The zero-order valence-electron chi connectivity index (χ0n) is 17.6. The molecule has 3 nitrogen and oxygen atoms in total. The summed E-state index contributed by atoms with van der Waals surface area (Å²) in [6, 6.07) is 34.6. The normalized spacial score (nSPS) is 10.5. The van der Waals surface area contributed by atoms with Gasteiger partial charge in [-0.3, -0.25) is 4.79 Å². The summed E-state index contributed by atoms with van der Waals surface area (Å²) in [4.78, 5) is 12.8. The molecule has 0 aromatic heterocycles. The molecule has 0 saturated heterocycles. The van der Waals surface area contributed by atoms with Gasteiger partial charge >= 0.3 is 0 Å². The number of Topliss-reactive ketones (excluding diaryl/α,β-unsaturated/α-hetero) is 1. The fraction of sp³-hybridized carbons (Fsp3) is 0.107. The van der Waals surface area contributed by atoms with Crippen molar-refractivity contribution in [3.8, 4) is 11.1 Å². The van der Waals surface area contributed by atoms with Crippen molar-refractivity contribution in [2.24, 2.45) is 0 Å². The van der Waals surface area contributed by atoms with Gasteiger partial charge in [-0.1, -0.05) is 97.1 Å². The van der Waals surface area contributed by atoms with Gasteiger partial charge in [-0.15, -0.1) is 0 Å². The van der Waals surface area contributed by atoms with Gasteiger partial charge < -0.3 is 10.6 Å². The van der Waals surface area contributed by atoms with Gasteiger partial charge in [0, 0.05) is 13.1 Å². The van der Waals surface area contributed by atoms with Gasteiger partial charge in [-0.05, 0) is 35.2 Å². The fourth-order valence-corrected chi connectivity index (χ4v) is 3.74. The number of rotatable bonds is 8. The number of hydrogen-bond acceptors (Lipinski definition) is 3.